The van der Waals surface area contributed by atoms with Gasteiger partial charge in [0.15, 0.2) is 0 Å². The van der Waals surface area contributed by atoms with Crippen LogP contribution in [0.2, 0.25) is 0 Å². The Morgan fingerprint density at radius 3 is 2.00 bits per heavy atom. The maximum atomic E-state index is 11.6. The average Bonchev–Trinajstić information content (AvgIpc) is 1.63. The highest BCUT2D eigenvalue weighted by molar-refractivity contribution is 4.32. The quantitative estimate of drug-likeness (QED) is 0.308. The smallest absolute Gasteiger partial charge is 0.264 e. The van der Waals surface area contributed by atoms with Gasteiger partial charge in [-0.15, -0.1) is 0 Å². The predicted molar refractivity (Wildman–Crippen MR) is 23.8 cm³/mol. The minimum absolute atomic E-state index is 1.08. The van der Waals surface area contributed by atoms with Gasteiger partial charge < -0.3 is 0 Å². The zero-order chi connectivity index (χ0) is 7.44. The summed E-state index contributed by atoms with van der Waals surface area (Å²) in [4.78, 5) is 16.3. The van der Waals surface area contributed by atoms with Gasteiger partial charge in [-0.25, -0.2) is 0 Å². The van der Waals surface area contributed by atoms with Crippen LogP contribution in [0, 0.1) is 20.2 Å². The SMILES string of the molecule is O=[N+]([O-])CC(F)[N+](=O)[O-]. The summed E-state index contributed by atoms with van der Waals surface area (Å²) in [5, 5.41) is 18.7. The minimum Gasteiger partial charge on any atom is -0.264 e. The first kappa shape index (κ1) is 7.73. The van der Waals surface area contributed by atoms with Gasteiger partial charge in [-0.2, -0.15) is 4.39 Å². The summed E-state index contributed by atoms with van der Waals surface area (Å²) in [5.74, 6) is 0. The van der Waals surface area contributed by atoms with Crippen molar-refractivity contribution < 1.29 is 14.2 Å². The first-order valence-corrected chi connectivity index (χ1v) is 1.93. The van der Waals surface area contributed by atoms with Crippen molar-refractivity contribution in [3.8, 4) is 0 Å². The summed E-state index contributed by atoms with van der Waals surface area (Å²) < 4.78 is 11.6. The fraction of sp³-hybridized carbons (Fsp3) is 1.00. The van der Waals surface area contributed by atoms with E-state index in [-0.39, 0.29) is 0 Å². The molecule has 9 heavy (non-hydrogen) atoms. The van der Waals surface area contributed by atoms with Crippen molar-refractivity contribution in [2.45, 2.75) is 6.30 Å². The molecule has 6 nitrogen and oxygen atoms in total. The van der Waals surface area contributed by atoms with Crippen molar-refractivity contribution in [1.82, 2.24) is 0 Å². The molecule has 0 heterocycles. The van der Waals surface area contributed by atoms with Crippen molar-refractivity contribution in [2.24, 2.45) is 0 Å². The molecular formula is C2H3FN2O4. The van der Waals surface area contributed by atoms with Crippen LogP contribution in [-0.4, -0.2) is 22.7 Å². The van der Waals surface area contributed by atoms with Crippen LogP contribution in [0.1, 0.15) is 0 Å². The second-order valence-corrected chi connectivity index (χ2v) is 1.24. The highest BCUT2D eigenvalue weighted by Gasteiger charge is 2.24. The third-order valence-corrected chi connectivity index (χ3v) is 0.528. The lowest BCUT2D eigenvalue weighted by molar-refractivity contribution is -0.611. The summed E-state index contributed by atoms with van der Waals surface area (Å²) in [6.07, 6.45) is -2.58. The molecule has 7 heteroatoms. The van der Waals surface area contributed by atoms with E-state index in [0.29, 0.717) is 0 Å². The van der Waals surface area contributed by atoms with Crippen molar-refractivity contribution >= 4 is 0 Å². The number of nitrogens with zero attached hydrogens (tertiary/aromatic N) is 2. The summed E-state index contributed by atoms with van der Waals surface area (Å²) in [5.41, 5.74) is 0. The number of nitro groups is 2. The molecule has 0 aliphatic rings. The van der Waals surface area contributed by atoms with Crippen LogP contribution in [-0.2, 0) is 0 Å². The summed E-state index contributed by atoms with van der Waals surface area (Å²) in [7, 11) is 0. The molecule has 0 N–H and O–H groups in total. The van der Waals surface area contributed by atoms with Crippen LogP contribution in [0.15, 0.2) is 0 Å². The Morgan fingerprint density at radius 1 is 1.44 bits per heavy atom. The fourth-order valence-corrected chi connectivity index (χ4v) is 0.190. The maximum Gasteiger partial charge on any atom is 0.412 e. The van der Waals surface area contributed by atoms with Crippen LogP contribution in [0.25, 0.3) is 0 Å². The second-order valence-electron chi connectivity index (χ2n) is 1.24. The summed E-state index contributed by atoms with van der Waals surface area (Å²) in [6, 6.07) is 0. The van der Waals surface area contributed by atoms with Gasteiger partial charge in [-0.05, 0) is 0 Å². The van der Waals surface area contributed by atoms with Crippen LogP contribution < -0.4 is 0 Å². The molecule has 1 atom stereocenters. The molecule has 0 saturated heterocycles. The highest BCUT2D eigenvalue weighted by atomic mass is 19.1. The molecule has 0 fully saturated rings. The Balaban J connectivity index is 3.63. The predicted octanol–water partition coefficient (Wildman–Crippen LogP) is -0.165. The number of hydrogen-bond donors (Lipinski definition) is 0. The fourth-order valence-electron chi connectivity index (χ4n) is 0.190. The molecule has 0 saturated carbocycles. The van der Waals surface area contributed by atoms with E-state index in [1.54, 1.807) is 0 Å². The highest BCUT2D eigenvalue weighted by Crippen LogP contribution is 1.90. The number of alkyl halides is 1. The van der Waals surface area contributed by atoms with Crippen molar-refractivity contribution in [2.75, 3.05) is 6.54 Å². The zero-order valence-electron chi connectivity index (χ0n) is 4.19. The van der Waals surface area contributed by atoms with Gasteiger partial charge in [0.1, 0.15) is 0 Å². The van der Waals surface area contributed by atoms with E-state index in [4.69, 9.17) is 0 Å². The molecule has 0 aromatic heterocycles. The lowest BCUT2D eigenvalue weighted by Gasteiger charge is -1.91. The van der Waals surface area contributed by atoms with Gasteiger partial charge in [-0.3, -0.25) is 20.2 Å². The minimum atomic E-state index is -2.58. The number of halogens is 1. The van der Waals surface area contributed by atoms with Crippen molar-refractivity contribution in [3.05, 3.63) is 20.2 Å². The van der Waals surface area contributed by atoms with Crippen LogP contribution in [0.3, 0.4) is 0 Å². The molecule has 0 spiro atoms. The zero-order valence-corrected chi connectivity index (χ0v) is 4.19. The van der Waals surface area contributed by atoms with E-state index in [1.165, 1.54) is 0 Å². The third kappa shape index (κ3) is 3.32. The van der Waals surface area contributed by atoms with Gasteiger partial charge in [0.05, 0.1) is 4.92 Å². The molecule has 52 valence electrons. The van der Waals surface area contributed by atoms with E-state index in [1.807, 2.05) is 0 Å². The van der Waals surface area contributed by atoms with E-state index in [9.17, 15) is 24.6 Å². The van der Waals surface area contributed by atoms with E-state index in [0.717, 1.165) is 0 Å². The molecule has 0 aliphatic heterocycles. The molecule has 0 aliphatic carbocycles. The normalized spacial score (nSPS) is 12.6. The summed E-state index contributed by atoms with van der Waals surface area (Å²) in [6.45, 7) is -1.27. The maximum absolute atomic E-state index is 11.6. The van der Waals surface area contributed by atoms with Gasteiger partial charge >= 0.3 is 12.8 Å². The number of hydrogen-bond acceptors (Lipinski definition) is 4. The summed E-state index contributed by atoms with van der Waals surface area (Å²) >= 11 is 0. The Hall–Kier alpha value is -1.27. The molecule has 0 rings (SSSR count). The van der Waals surface area contributed by atoms with Gasteiger partial charge in [-0.1, -0.05) is 0 Å². The van der Waals surface area contributed by atoms with Crippen molar-refractivity contribution in [3.63, 3.8) is 0 Å². The monoisotopic (exact) mass is 138 g/mol. The Bertz CT molecular complexity index is 137. The first-order valence-electron chi connectivity index (χ1n) is 1.93. The lowest BCUT2D eigenvalue weighted by Crippen LogP contribution is -2.23. The Kier molecular flexibility index (Phi) is 2.49. The average molecular weight is 138 g/mol. The third-order valence-electron chi connectivity index (χ3n) is 0.528. The van der Waals surface area contributed by atoms with Crippen LogP contribution >= 0.6 is 0 Å². The van der Waals surface area contributed by atoms with Gasteiger partial charge in [0.2, 0.25) is 0 Å². The largest absolute Gasteiger partial charge is 0.412 e. The molecule has 0 bridgehead atoms. The van der Waals surface area contributed by atoms with Gasteiger partial charge in [0.25, 0.3) is 0 Å². The topological polar surface area (TPSA) is 86.3 Å². The van der Waals surface area contributed by atoms with Gasteiger partial charge in [0, 0.05) is 4.92 Å². The van der Waals surface area contributed by atoms with E-state index < -0.39 is 22.7 Å². The molecule has 0 aromatic carbocycles. The lowest BCUT2D eigenvalue weighted by atomic mass is 10.6. The molecule has 0 amide bonds. The molecule has 0 radical (unpaired) electrons. The first-order chi connectivity index (χ1) is 4.04. The molecular weight excluding hydrogens is 135 g/mol. The van der Waals surface area contributed by atoms with Crippen LogP contribution in [0.5, 0.6) is 0 Å². The second kappa shape index (κ2) is 2.90. The molecule has 1 unspecified atom stereocenters. The Morgan fingerprint density at radius 2 is 1.89 bits per heavy atom. The van der Waals surface area contributed by atoms with Crippen LogP contribution in [0.4, 0.5) is 4.39 Å². The Labute approximate surface area is 48.6 Å². The van der Waals surface area contributed by atoms with E-state index in [2.05, 4.69) is 0 Å². The molecule has 0 aromatic rings. The standard InChI is InChI=1S/C2H3FN2O4/c3-2(5(8)9)1-4(6)7/h2H,1H2. The number of rotatable bonds is 3. The van der Waals surface area contributed by atoms with Crippen molar-refractivity contribution in [1.29, 1.82) is 0 Å². The van der Waals surface area contributed by atoms with E-state index >= 15 is 0 Å².